The van der Waals surface area contributed by atoms with Crippen LogP contribution in [0.25, 0.3) is 0 Å². The van der Waals surface area contributed by atoms with Crippen molar-refractivity contribution in [1.29, 1.82) is 0 Å². The molecule has 0 radical (unpaired) electrons. The zero-order valence-electron chi connectivity index (χ0n) is 9.02. The maximum absolute atomic E-state index is 10.9. The molecule has 1 atom stereocenters. The molecule has 1 unspecified atom stereocenters. The lowest BCUT2D eigenvalue weighted by Crippen LogP contribution is -2.32. The first-order valence-electron chi connectivity index (χ1n) is 4.59. The number of hydrogen-bond donors (Lipinski definition) is 1. The molecule has 0 aliphatic heterocycles. The molecule has 0 fully saturated rings. The van der Waals surface area contributed by atoms with E-state index in [9.17, 15) is 9.59 Å². The highest BCUT2D eigenvalue weighted by Gasteiger charge is 2.12. The van der Waals surface area contributed by atoms with E-state index in [2.05, 4.69) is 9.47 Å². The Bertz CT molecular complexity index is 210. The van der Waals surface area contributed by atoms with Crippen molar-refractivity contribution in [2.24, 2.45) is 5.73 Å². The Morgan fingerprint density at radius 3 is 2.47 bits per heavy atom. The molecule has 0 heterocycles. The summed E-state index contributed by atoms with van der Waals surface area (Å²) in [5.41, 5.74) is 5.52. The molecular formula is C9H17NO4S. The standard InChI is InChI=1S/C9H17NO4S/c1-13-8(11)4-6-15-5-3-7(10)9(12)14-2/h7H,3-6,10H2,1-2H3. The van der Waals surface area contributed by atoms with E-state index in [0.29, 0.717) is 18.6 Å². The Labute approximate surface area is 93.7 Å². The van der Waals surface area contributed by atoms with Gasteiger partial charge in [-0.15, -0.1) is 0 Å². The largest absolute Gasteiger partial charge is 0.469 e. The summed E-state index contributed by atoms with van der Waals surface area (Å²) < 4.78 is 8.96. The predicted molar refractivity (Wildman–Crippen MR) is 58.6 cm³/mol. The molecule has 0 aromatic heterocycles. The van der Waals surface area contributed by atoms with E-state index in [0.717, 1.165) is 5.75 Å². The van der Waals surface area contributed by atoms with Gasteiger partial charge >= 0.3 is 11.9 Å². The van der Waals surface area contributed by atoms with Gasteiger partial charge in [0, 0.05) is 5.75 Å². The summed E-state index contributed by atoms with van der Waals surface area (Å²) in [4.78, 5) is 21.6. The number of rotatable bonds is 7. The van der Waals surface area contributed by atoms with Crippen LogP contribution < -0.4 is 5.73 Å². The zero-order chi connectivity index (χ0) is 11.7. The molecule has 88 valence electrons. The predicted octanol–water partition coefficient (Wildman–Crippen LogP) is 0.173. The van der Waals surface area contributed by atoms with E-state index in [-0.39, 0.29) is 5.97 Å². The molecule has 0 saturated carbocycles. The van der Waals surface area contributed by atoms with E-state index < -0.39 is 12.0 Å². The lowest BCUT2D eigenvalue weighted by molar-refractivity contribution is -0.142. The van der Waals surface area contributed by atoms with Crippen LogP contribution >= 0.6 is 11.8 Å². The molecule has 0 aliphatic rings. The summed E-state index contributed by atoms with van der Waals surface area (Å²) in [5, 5.41) is 0. The van der Waals surface area contributed by atoms with Crippen LogP contribution in [-0.2, 0) is 19.1 Å². The molecule has 0 saturated heterocycles. The Morgan fingerprint density at radius 1 is 1.27 bits per heavy atom. The van der Waals surface area contributed by atoms with Gasteiger partial charge < -0.3 is 15.2 Å². The topological polar surface area (TPSA) is 78.6 Å². The monoisotopic (exact) mass is 235 g/mol. The van der Waals surface area contributed by atoms with Gasteiger partial charge in [0.05, 0.1) is 20.6 Å². The van der Waals surface area contributed by atoms with Gasteiger partial charge in [-0.2, -0.15) is 11.8 Å². The maximum Gasteiger partial charge on any atom is 0.322 e. The van der Waals surface area contributed by atoms with Gasteiger partial charge in [-0.25, -0.2) is 0 Å². The smallest absolute Gasteiger partial charge is 0.322 e. The van der Waals surface area contributed by atoms with E-state index in [4.69, 9.17) is 5.73 Å². The van der Waals surface area contributed by atoms with Gasteiger partial charge in [0.2, 0.25) is 0 Å². The Hall–Kier alpha value is -0.750. The summed E-state index contributed by atoms with van der Waals surface area (Å²) in [5.74, 6) is 0.789. The zero-order valence-corrected chi connectivity index (χ0v) is 9.84. The molecule has 0 aliphatic carbocycles. The molecule has 0 aromatic rings. The van der Waals surface area contributed by atoms with Crippen molar-refractivity contribution >= 4 is 23.7 Å². The number of carbonyl (C=O) groups is 2. The van der Waals surface area contributed by atoms with Crippen LogP contribution in [0.3, 0.4) is 0 Å². The first kappa shape index (κ1) is 14.2. The molecule has 0 rings (SSSR count). The second-order valence-electron chi connectivity index (χ2n) is 2.86. The summed E-state index contributed by atoms with van der Waals surface area (Å²) in [6.07, 6.45) is 0.938. The highest BCUT2D eigenvalue weighted by molar-refractivity contribution is 7.99. The molecule has 0 amide bonds. The normalized spacial score (nSPS) is 11.9. The van der Waals surface area contributed by atoms with Crippen LogP contribution in [0.15, 0.2) is 0 Å². The van der Waals surface area contributed by atoms with Crippen LogP contribution in [0.2, 0.25) is 0 Å². The van der Waals surface area contributed by atoms with E-state index >= 15 is 0 Å². The number of hydrogen-bond acceptors (Lipinski definition) is 6. The van der Waals surface area contributed by atoms with Gasteiger partial charge in [0.15, 0.2) is 0 Å². The molecule has 0 bridgehead atoms. The fraction of sp³-hybridized carbons (Fsp3) is 0.778. The fourth-order valence-electron chi connectivity index (χ4n) is 0.839. The third kappa shape index (κ3) is 7.21. The van der Waals surface area contributed by atoms with Crippen LogP contribution in [0.1, 0.15) is 12.8 Å². The summed E-state index contributed by atoms with van der Waals surface area (Å²) >= 11 is 1.56. The fourth-order valence-corrected chi connectivity index (χ4v) is 1.77. The minimum atomic E-state index is -0.569. The van der Waals surface area contributed by atoms with Gasteiger partial charge in [0.1, 0.15) is 6.04 Å². The highest BCUT2D eigenvalue weighted by Crippen LogP contribution is 2.06. The first-order valence-corrected chi connectivity index (χ1v) is 5.75. The van der Waals surface area contributed by atoms with Crippen molar-refractivity contribution < 1.29 is 19.1 Å². The third-order valence-electron chi connectivity index (χ3n) is 1.76. The number of carbonyl (C=O) groups excluding carboxylic acids is 2. The van der Waals surface area contributed by atoms with E-state index in [1.54, 1.807) is 11.8 Å². The van der Waals surface area contributed by atoms with Crippen molar-refractivity contribution in [3.8, 4) is 0 Å². The molecule has 6 heteroatoms. The van der Waals surface area contributed by atoms with Gasteiger partial charge in [0.25, 0.3) is 0 Å². The van der Waals surface area contributed by atoms with Crippen molar-refractivity contribution in [2.75, 3.05) is 25.7 Å². The minimum Gasteiger partial charge on any atom is -0.469 e. The molecule has 2 N–H and O–H groups in total. The molecule has 5 nitrogen and oxygen atoms in total. The van der Waals surface area contributed by atoms with Crippen LogP contribution in [-0.4, -0.2) is 43.7 Å². The number of methoxy groups -OCH3 is 2. The van der Waals surface area contributed by atoms with Crippen molar-refractivity contribution in [2.45, 2.75) is 18.9 Å². The summed E-state index contributed by atoms with van der Waals surface area (Å²) in [6.45, 7) is 0. The average Bonchev–Trinajstić information content (AvgIpc) is 2.26. The Balaban J connectivity index is 3.38. The number of thioether (sulfide) groups is 1. The Morgan fingerprint density at radius 2 is 1.93 bits per heavy atom. The van der Waals surface area contributed by atoms with Crippen molar-refractivity contribution in [3.63, 3.8) is 0 Å². The van der Waals surface area contributed by atoms with E-state index in [1.807, 2.05) is 0 Å². The second kappa shape index (κ2) is 8.55. The molecule has 0 spiro atoms. The van der Waals surface area contributed by atoms with Crippen LogP contribution in [0.4, 0.5) is 0 Å². The van der Waals surface area contributed by atoms with Gasteiger partial charge in [-0.1, -0.05) is 0 Å². The molecule has 15 heavy (non-hydrogen) atoms. The lowest BCUT2D eigenvalue weighted by Gasteiger charge is -2.08. The maximum atomic E-state index is 10.9. The average molecular weight is 235 g/mol. The van der Waals surface area contributed by atoms with Crippen LogP contribution in [0.5, 0.6) is 0 Å². The SMILES string of the molecule is COC(=O)CCSCCC(N)C(=O)OC. The first-order chi connectivity index (χ1) is 7.11. The van der Waals surface area contributed by atoms with Crippen molar-refractivity contribution in [3.05, 3.63) is 0 Å². The minimum absolute atomic E-state index is 0.222. The summed E-state index contributed by atoms with van der Waals surface area (Å²) in [7, 11) is 2.67. The highest BCUT2D eigenvalue weighted by atomic mass is 32.2. The third-order valence-corrected chi connectivity index (χ3v) is 2.77. The number of nitrogens with two attached hydrogens (primary N) is 1. The van der Waals surface area contributed by atoms with E-state index in [1.165, 1.54) is 14.2 Å². The molecule has 0 aromatic carbocycles. The Kier molecular flexibility index (Phi) is 8.12. The van der Waals surface area contributed by atoms with Crippen LogP contribution in [0, 0.1) is 0 Å². The van der Waals surface area contributed by atoms with Gasteiger partial charge in [-0.05, 0) is 12.2 Å². The molecular weight excluding hydrogens is 218 g/mol. The summed E-state index contributed by atoms with van der Waals surface area (Å²) in [6, 6.07) is -0.569. The number of esters is 2. The lowest BCUT2D eigenvalue weighted by atomic mass is 10.2. The number of ether oxygens (including phenoxy) is 2. The van der Waals surface area contributed by atoms with Gasteiger partial charge in [-0.3, -0.25) is 9.59 Å². The van der Waals surface area contributed by atoms with Crippen molar-refractivity contribution in [1.82, 2.24) is 0 Å². The quantitative estimate of drug-likeness (QED) is 0.500. The second-order valence-corrected chi connectivity index (χ2v) is 4.08.